The van der Waals surface area contributed by atoms with Gasteiger partial charge in [0, 0.05) is 35.1 Å². The van der Waals surface area contributed by atoms with Crippen LogP contribution in [0.4, 0.5) is 4.39 Å². The number of benzene rings is 1. The molecule has 1 aromatic carbocycles. The maximum Gasteiger partial charge on any atom is 0.236 e. The predicted octanol–water partition coefficient (Wildman–Crippen LogP) is 4.19. The lowest BCUT2D eigenvalue weighted by Gasteiger charge is -2.26. The highest BCUT2D eigenvalue weighted by atomic mass is 35.5. The van der Waals surface area contributed by atoms with Gasteiger partial charge < -0.3 is 4.90 Å². The standard InChI is InChI=1S/C17H20ClFN2OS/c1-12(16-8-5-9-23-16)20(2)11-17(22)21(3)10-13-14(18)6-4-7-15(13)19/h4-9,12H,10-11H2,1-3H3/t12-/m1/s1. The third-order valence-corrected chi connectivity index (χ3v) is 5.28. The van der Waals surface area contributed by atoms with E-state index in [9.17, 15) is 9.18 Å². The van der Waals surface area contributed by atoms with Crippen molar-refractivity contribution in [3.8, 4) is 0 Å². The van der Waals surface area contributed by atoms with Gasteiger partial charge >= 0.3 is 0 Å². The molecule has 2 aromatic rings. The van der Waals surface area contributed by atoms with Crippen LogP contribution in [-0.4, -0.2) is 36.3 Å². The normalized spacial score (nSPS) is 12.4. The SMILES string of the molecule is C[C@H](c1cccs1)N(C)CC(=O)N(C)Cc1c(F)cccc1Cl. The van der Waals surface area contributed by atoms with Crippen LogP contribution in [-0.2, 0) is 11.3 Å². The Kier molecular flexibility index (Phi) is 6.16. The van der Waals surface area contributed by atoms with Crippen LogP contribution in [0, 0.1) is 5.82 Å². The number of nitrogens with zero attached hydrogens (tertiary/aromatic N) is 2. The maximum atomic E-state index is 13.8. The Balaban J connectivity index is 1.97. The van der Waals surface area contributed by atoms with E-state index in [1.54, 1.807) is 30.5 Å². The minimum Gasteiger partial charge on any atom is -0.340 e. The van der Waals surface area contributed by atoms with Gasteiger partial charge in [0.2, 0.25) is 5.91 Å². The monoisotopic (exact) mass is 354 g/mol. The van der Waals surface area contributed by atoms with Crippen molar-refractivity contribution in [3.63, 3.8) is 0 Å². The molecule has 1 heterocycles. The minimum absolute atomic E-state index is 0.0739. The quantitative estimate of drug-likeness (QED) is 0.776. The van der Waals surface area contributed by atoms with Crippen molar-refractivity contribution in [2.24, 2.45) is 0 Å². The first-order chi connectivity index (χ1) is 10.9. The molecular formula is C17H20ClFN2OS. The summed E-state index contributed by atoms with van der Waals surface area (Å²) < 4.78 is 13.8. The summed E-state index contributed by atoms with van der Waals surface area (Å²) in [5.41, 5.74) is 0.346. The first-order valence-corrected chi connectivity index (χ1v) is 8.56. The molecule has 0 N–H and O–H groups in total. The largest absolute Gasteiger partial charge is 0.340 e. The third kappa shape index (κ3) is 4.53. The van der Waals surface area contributed by atoms with Crippen molar-refractivity contribution in [2.75, 3.05) is 20.6 Å². The lowest BCUT2D eigenvalue weighted by molar-refractivity contribution is -0.131. The van der Waals surface area contributed by atoms with Crippen LogP contribution in [0.3, 0.4) is 0 Å². The van der Waals surface area contributed by atoms with Crippen LogP contribution >= 0.6 is 22.9 Å². The first-order valence-electron chi connectivity index (χ1n) is 7.30. The Hall–Kier alpha value is -1.43. The highest BCUT2D eigenvalue weighted by Crippen LogP contribution is 2.24. The molecule has 0 aliphatic rings. The lowest BCUT2D eigenvalue weighted by atomic mass is 10.2. The molecule has 0 radical (unpaired) electrons. The molecule has 1 atom stereocenters. The Labute approximate surface area is 145 Å². The van der Waals surface area contributed by atoms with Crippen LogP contribution in [0.5, 0.6) is 0 Å². The van der Waals surface area contributed by atoms with E-state index in [2.05, 4.69) is 13.0 Å². The average molecular weight is 355 g/mol. The molecule has 0 fully saturated rings. The van der Waals surface area contributed by atoms with Crippen molar-refractivity contribution in [3.05, 3.63) is 57.0 Å². The second-order valence-electron chi connectivity index (χ2n) is 5.56. The van der Waals surface area contributed by atoms with Crippen molar-refractivity contribution in [1.82, 2.24) is 9.80 Å². The van der Waals surface area contributed by atoms with Crippen molar-refractivity contribution in [2.45, 2.75) is 19.5 Å². The molecule has 23 heavy (non-hydrogen) atoms. The number of likely N-dealkylation sites (N-methyl/N-ethyl adjacent to an activating group) is 2. The molecule has 1 aromatic heterocycles. The van der Waals surface area contributed by atoms with Crippen LogP contribution in [0.25, 0.3) is 0 Å². The van der Waals surface area contributed by atoms with Crippen molar-refractivity contribution >= 4 is 28.8 Å². The van der Waals surface area contributed by atoms with Gasteiger partial charge in [-0.3, -0.25) is 9.69 Å². The number of carbonyl (C=O) groups excluding carboxylic acids is 1. The fraction of sp³-hybridized carbons (Fsp3) is 0.353. The molecule has 1 amide bonds. The maximum absolute atomic E-state index is 13.8. The van der Waals surface area contributed by atoms with Gasteiger partial charge in [0.25, 0.3) is 0 Å². The smallest absolute Gasteiger partial charge is 0.236 e. The van der Waals surface area contributed by atoms with Gasteiger partial charge in [-0.25, -0.2) is 4.39 Å². The molecule has 0 bridgehead atoms. The average Bonchev–Trinajstić information content (AvgIpc) is 3.04. The van der Waals surface area contributed by atoms with Crippen LogP contribution in [0.1, 0.15) is 23.4 Å². The van der Waals surface area contributed by atoms with E-state index in [1.807, 2.05) is 23.4 Å². The number of hydrogen-bond donors (Lipinski definition) is 0. The molecule has 0 aliphatic carbocycles. The second kappa shape index (κ2) is 7.90. The van der Waals surface area contributed by atoms with E-state index < -0.39 is 5.82 Å². The Morgan fingerprint density at radius 2 is 2.04 bits per heavy atom. The summed E-state index contributed by atoms with van der Waals surface area (Å²) >= 11 is 7.68. The molecule has 0 saturated carbocycles. The Morgan fingerprint density at radius 1 is 1.30 bits per heavy atom. The lowest BCUT2D eigenvalue weighted by Crippen LogP contribution is -2.37. The molecule has 2 rings (SSSR count). The number of hydrogen-bond acceptors (Lipinski definition) is 3. The van der Waals surface area contributed by atoms with E-state index in [4.69, 9.17) is 11.6 Å². The zero-order valence-electron chi connectivity index (χ0n) is 13.4. The van der Waals surface area contributed by atoms with E-state index >= 15 is 0 Å². The van der Waals surface area contributed by atoms with Gasteiger partial charge in [-0.2, -0.15) is 0 Å². The van der Waals surface area contributed by atoms with Gasteiger partial charge in [-0.15, -0.1) is 11.3 Å². The summed E-state index contributed by atoms with van der Waals surface area (Å²) in [6, 6.07) is 8.75. The fourth-order valence-electron chi connectivity index (χ4n) is 2.23. The summed E-state index contributed by atoms with van der Waals surface area (Å²) in [5.74, 6) is -0.465. The Morgan fingerprint density at radius 3 is 2.65 bits per heavy atom. The Bertz CT molecular complexity index is 642. The number of thiophene rings is 1. The predicted molar refractivity (Wildman–Crippen MR) is 93.2 cm³/mol. The highest BCUT2D eigenvalue weighted by molar-refractivity contribution is 7.10. The van der Waals surface area contributed by atoms with Gasteiger partial charge in [-0.1, -0.05) is 23.7 Å². The summed E-state index contributed by atoms with van der Waals surface area (Å²) in [6.45, 7) is 2.49. The number of amides is 1. The molecule has 0 spiro atoms. The number of rotatable bonds is 6. The van der Waals surface area contributed by atoms with Gasteiger partial charge in [0.1, 0.15) is 5.82 Å². The number of carbonyl (C=O) groups is 1. The molecule has 0 saturated heterocycles. The van der Waals surface area contributed by atoms with Gasteiger partial charge in [-0.05, 0) is 37.6 Å². The summed E-state index contributed by atoms with van der Waals surface area (Å²) in [4.78, 5) is 17.1. The summed E-state index contributed by atoms with van der Waals surface area (Å²) in [6.07, 6.45) is 0. The van der Waals surface area contributed by atoms with Crippen LogP contribution in [0.15, 0.2) is 35.7 Å². The molecule has 0 aliphatic heterocycles. The molecular weight excluding hydrogens is 335 g/mol. The van der Waals surface area contributed by atoms with Crippen molar-refractivity contribution < 1.29 is 9.18 Å². The van der Waals surface area contributed by atoms with E-state index in [1.165, 1.54) is 15.8 Å². The summed E-state index contributed by atoms with van der Waals surface area (Å²) in [7, 11) is 3.57. The highest BCUT2D eigenvalue weighted by Gasteiger charge is 2.19. The number of halogens is 2. The molecule has 124 valence electrons. The first kappa shape index (κ1) is 17.9. The summed E-state index contributed by atoms with van der Waals surface area (Å²) in [5, 5.41) is 2.36. The fourth-order valence-corrected chi connectivity index (χ4v) is 3.30. The molecule has 0 unspecified atom stereocenters. The second-order valence-corrected chi connectivity index (χ2v) is 6.94. The van der Waals surface area contributed by atoms with Gasteiger partial charge in [0.05, 0.1) is 6.54 Å². The van der Waals surface area contributed by atoms with Crippen LogP contribution in [0.2, 0.25) is 5.02 Å². The third-order valence-electron chi connectivity index (χ3n) is 3.88. The minimum atomic E-state index is -0.391. The van der Waals surface area contributed by atoms with Crippen molar-refractivity contribution in [1.29, 1.82) is 0 Å². The zero-order valence-corrected chi connectivity index (χ0v) is 15.0. The molecule has 6 heteroatoms. The molecule has 3 nitrogen and oxygen atoms in total. The van der Waals surface area contributed by atoms with E-state index in [0.29, 0.717) is 10.6 Å². The van der Waals surface area contributed by atoms with Crippen LogP contribution < -0.4 is 0 Å². The topological polar surface area (TPSA) is 23.6 Å². The zero-order chi connectivity index (χ0) is 17.0. The van der Waals surface area contributed by atoms with Gasteiger partial charge in [0.15, 0.2) is 0 Å². The van der Waals surface area contributed by atoms with E-state index in [-0.39, 0.29) is 25.0 Å². The van der Waals surface area contributed by atoms with E-state index in [0.717, 1.165) is 0 Å².